The fourth-order valence-corrected chi connectivity index (χ4v) is 4.40. The number of furan rings is 1. The van der Waals surface area contributed by atoms with Crippen molar-refractivity contribution in [2.24, 2.45) is 0 Å². The molecule has 0 saturated carbocycles. The van der Waals surface area contributed by atoms with Crippen LogP contribution in [0.1, 0.15) is 45.7 Å². The second kappa shape index (κ2) is 13.0. The Morgan fingerprint density at radius 1 is 0.925 bits per heavy atom. The summed E-state index contributed by atoms with van der Waals surface area (Å²) in [5.74, 6) is 0.807. The van der Waals surface area contributed by atoms with Crippen LogP contribution in [0, 0.1) is 13.0 Å². The third-order valence-electron chi connectivity index (χ3n) is 6.23. The van der Waals surface area contributed by atoms with E-state index in [1.165, 1.54) is 25.5 Å². The molecule has 0 fully saturated rings. The molecule has 5 aromatic rings. The maximum Gasteiger partial charge on any atom is 0.155 e. The van der Waals surface area contributed by atoms with E-state index in [0.717, 1.165) is 50.2 Å². The van der Waals surface area contributed by atoms with Gasteiger partial charge in [-0.1, -0.05) is 88.4 Å². The molecule has 1 radical (unpaired) electrons. The molecule has 0 saturated heterocycles. The van der Waals surface area contributed by atoms with Crippen molar-refractivity contribution in [2.75, 3.05) is 0 Å². The molecule has 1 N–H and O–H groups in total. The standard InChI is InChI=1S/C30H26NO.C5H8O2.Ir/c1-20-15-23(17-24(16-20)30(2,3)4)26-18-27-25(19-31-26)28(21-11-7-5-8-12-21)29(32-27)22-13-9-6-10-14-22;1-4(6)3-5(2)7;/h5-14,16-19H,1-4H3;3,6H,1-2H3;/q-1;;/b;4-3-;. The molecule has 5 heteroatoms. The van der Waals surface area contributed by atoms with Crippen LogP contribution in [-0.2, 0) is 30.3 Å². The van der Waals surface area contributed by atoms with Crippen LogP contribution in [0.25, 0.3) is 44.7 Å². The van der Waals surface area contributed by atoms with Gasteiger partial charge in [0.2, 0.25) is 0 Å². The molecule has 0 aliphatic carbocycles. The second-order valence-electron chi connectivity index (χ2n) is 10.7. The monoisotopic (exact) mass is 709 g/mol. The number of rotatable bonds is 4. The van der Waals surface area contributed by atoms with Crippen molar-refractivity contribution >= 4 is 16.8 Å². The van der Waals surface area contributed by atoms with Gasteiger partial charge in [0.1, 0.15) is 11.3 Å². The predicted octanol–water partition coefficient (Wildman–Crippen LogP) is 9.27. The number of benzene rings is 3. The molecule has 4 nitrogen and oxygen atoms in total. The minimum atomic E-state index is -0.125. The number of ketones is 1. The van der Waals surface area contributed by atoms with Crippen molar-refractivity contribution in [3.05, 3.63) is 114 Å². The van der Waals surface area contributed by atoms with Gasteiger partial charge in [0.15, 0.2) is 5.78 Å². The van der Waals surface area contributed by atoms with E-state index in [0.29, 0.717) is 0 Å². The number of hydrogen-bond donors (Lipinski definition) is 1. The summed E-state index contributed by atoms with van der Waals surface area (Å²) in [5.41, 5.74) is 8.41. The van der Waals surface area contributed by atoms with Crippen molar-refractivity contribution in [1.29, 1.82) is 0 Å². The number of aliphatic hydroxyl groups excluding tert-OH is 1. The van der Waals surface area contributed by atoms with Crippen molar-refractivity contribution in [1.82, 2.24) is 4.98 Å². The van der Waals surface area contributed by atoms with Gasteiger partial charge >= 0.3 is 0 Å². The van der Waals surface area contributed by atoms with Gasteiger partial charge in [0.25, 0.3) is 0 Å². The predicted molar refractivity (Wildman–Crippen MR) is 160 cm³/mol. The Bertz CT molecular complexity index is 1620. The third-order valence-corrected chi connectivity index (χ3v) is 6.23. The number of carbonyl (C=O) groups is 1. The molecular weight excluding hydrogens is 675 g/mol. The van der Waals surface area contributed by atoms with Gasteiger partial charge in [0, 0.05) is 48.9 Å². The van der Waals surface area contributed by atoms with Gasteiger partial charge in [-0.2, -0.15) is 0 Å². The van der Waals surface area contributed by atoms with Crippen LogP contribution in [0.5, 0.6) is 0 Å². The van der Waals surface area contributed by atoms with Crippen LogP contribution in [0.2, 0.25) is 0 Å². The maximum absolute atomic E-state index is 10.0. The van der Waals surface area contributed by atoms with Crippen LogP contribution >= 0.6 is 0 Å². The molecule has 0 aliphatic heterocycles. The fraction of sp³-hybridized carbons (Fsp3) is 0.200. The molecule has 3 aromatic carbocycles. The Balaban J connectivity index is 0.000000492. The first-order valence-electron chi connectivity index (χ1n) is 13.0. The van der Waals surface area contributed by atoms with Gasteiger partial charge in [-0.25, -0.2) is 0 Å². The minimum absolute atomic E-state index is 0. The average molecular weight is 709 g/mol. The minimum Gasteiger partial charge on any atom is -0.512 e. The quantitative estimate of drug-likeness (QED) is 0.115. The molecule has 2 heterocycles. The van der Waals surface area contributed by atoms with E-state index in [-0.39, 0.29) is 37.1 Å². The van der Waals surface area contributed by atoms with E-state index in [1.54, 1.807) is 0 Å². The van der Waals surface area contributed by atoms with Gasteiger partial charge in [-0.3, -0.25) is 4.79 Å². The van der Waals surface area contributed by atoms with E-state index in [1.807, 2.05) is 36.5 Å². The molecule has 2 aromatic heterocycles. The number of allylic oxidation sites excluding steroid dienone is 2. The molecule has 0 amide bonds. The van der Waals surface area contributed by atoms with Gasteiger partial charge in [-0.15, -0.1) is 34.9 Å². The van der Waals surface area contributed by atoms with Gasteiger partial charge < -0.3 is 14.5 Å². The fourth-order valence-electron chi connectivity index (χ4n) is 4.40. The third kappa shape index (κ3) is 7.44. The number of aryl methyl sites for hydroxylation is 1. The number of aromatic nitrogens is 1. The Kier molecular flexibility index (Phi) is 10.0. The molecule has 40 heavy (non-hydrogen) atoms. The number of pyridine rings is 1. The van der Waals surface area contributed by atoms with Crippen LogP contribution < -0.4 is 0 Å². The molecule has 0 bridgehead atoms. The van der Waals surface area contributed by atoms with Crippen molar-refractivity contribution in [3.8, 4) is 33.7 Å². The summed E-state index contributed by atoms with van der Waals surface area (Å²) in [4.78, 5) is 14.9. The SMILES string of the molecule is CC(=O)/C=C(/C)O.Cc1[c-]c(-c2cc3oc(-c4ccccc4)c(-c4ccccc4)c3cn2)cc(C(C)(C)C)c1.[Ir]. The topological polar surface area (TPSA) is 63.3 Å². The zero-order valence-electron chi connectivity index (χ0n) is 23.7. The second-order valence-corrected chi connectivity index (χ2v) is 10.7. The Morgan fingerprint density at radius 3 is 2.05 bits per heavy atom. The van der Waals surface area contributed by atoms with E-state index in [4.69, 9.17) is 14.5 Å². The summed E-state index contributed by atoms with van der Waals surface area (Å²) in [5, 5.41) is 9.38. The molecule has 0 spiro atoms. The number of carbonyl (C=O) groups excluding carboxylic acids is 1. The summed E-state index contributed by atoms with van der Waals surface area (Å²) in [6, 6.07) is 30.6. The zero-order valence-corrected chi connectivity index (χ0v) is 26.1. The van der Waals surface area contributed by atoms with Crippen LogP contribution in [0.4, 0.5) is 0 Å². The van der Waals surface area contributed by atoms with Gasteiger partial charge in [-0.05, 0) is 36.6 Å². The van der Waals surface area contributed by atoms with E-state index in [2.05, 4.69) is 82.3 Å². The molecule has 207 valence electrons. The number of hydrogen-bond acceptors (Lipinski definition) is 4. The maximum atomic E-state index is 10.0. The zero-order chi connectivity index (χ0) is 28.2. The van der Waals surface area contributed by atoms with Crippen LogP contribution in [0.15, 0.2) is 101 Å². The van der Waals surface area contributed by atoms with E-state index < -0.39 is 0 Å². The van der Waals surface area contributed by atoms with E-state index in [9.17, 15) is 4.79 Å². The summed E-state index contributed by atoms with van der Waals surface area (Å²) >= 11 is 0. The molecule has 0 aliphatic rings. The average Bonchev–Trinajstić information content (AvgIpc) is 3.27. The largest absolute Gasteiger partial charge is 0.512 e. The Morgan fingerprint density at radius 2 is 1.52 bits per heavy atom. The molecular formula is C35H34IrNO3-. The van der Waals surface area contributed by atoms with Crippen molar-refractivity contribution < 1.29 is 34.4 Å². The van der Waals surface area contributed by atoms with E-state index >= 15 is 0 Å². The molecule has 0 atom stereocenters. The van der Waals surface area contributed by atoms with Crippen molar-refractivity contribution in [2.45, 2.75) is 47.0 Å². The smallest absolute Gasteiger partial charge is 0.155 e. The first kappa shape index (κ1) is 30.7. The first-order chi connectivity index (χ1) is 18.5. The van der Waals surface area contributed by atoms with Gasteiger partial charge in [0.05, 0.1) is 5.76 Å². The molecule has 0 unspecified atom stereocenters. The summed E-state index contributed by atoms with van der Waals surface area (Å²) in [6.45, 7) is 11.6. The first-order valence-corrected chi connectivity index (χ1v) is 13.0. The van der Waals surface area contributed by atoms with Crippen LogP contribution in [-0.4, -0.2) is 15.9 Å². The number of fused-ring (bicyclic) bond motifs is 1. The number of aliphatic hydroxyl groups is 1. The Labute approximate surface area is 250 Å². The van der Waals surface area contributed by atoms with Crippen molar-refractivity contribution in [3.63, 3.8) is 0 Å². The summed E-state index contributed by atoms with van der Waals surface area (Å²) in [6.07, 6.45) is 3.11. The molecule has 5 rings (SSSR count). The summed E-state index contributed by atoms with van der Waals surface area (Å²) < 4.78 is 6.48. The summed E-state index contributed by atoms with van der Waals surface area (Å²) in [7, 11) is 0. The Hall–Kier alpha value is -3.79. The number of nitrogens with zero attached hydrogens (tertiary/aromatic N) is 1. The normalized spacial score (nSPS) is 11.4. The van der Waals surface area contributed by atoms with Crippen LogP contribution in [0.3, 0.4) is 0 Å².